The Morgan fingerprint density at radius 1 is 1.47 bits per heavy atom. The van der Waals surface area contributed by atoms with Gasteiger partial charge in [0.05, 0.1) is 11.9 Å². The Morgan fingerprint density at radius 2 is 2.21 bits per heavy atom. The predicted octanol–water partition coefficient (Wildman–Crippen LogP) is -1.06. The van der Waals surface area contributed by atoms with Gasteiger partial charge in [-0.25, -0.2) is 0 Å². The Kier molecular flexibility index (Phi) is 3.19. The number of nitrogens with one attached hydrogen (secondary N) is 1. The molecule has 0 atom stereocenters. The first-order valence-corrected chi connectivity index (χ1v) is 5.38. The number of carbonyl (C=O) groups excluding carboxylic acids is 2. The smallest absolute Gasteiger partial charge is 0.269 e. The summed E-state index contributed by atoms with van der Waals surface area (Å²) in [6.45, 7) is -0.0235. The van der Waals surface area contributed by atoms with Crippen LogP contribution < -0.4 is 16.8 Å². The number of primary amides is 1. The van der Waals surface area contributed by atoms with Crippen molar-refractivity contribution in [2.75, 3.05) is 11.1 Å². The zero-order chi connectivity index (χ0) is 14.0. The molecule has 0 unspecified atom stereocenters. The van der Waals surface area contributed by atoms with Crippen LogP contribution in [0, 0.1) is 0 Å². The minimum atomic E-state index is -0.668. The third-order valence-electron chi connectivity index (χ3n) is 2.41. The van der Waals surface area contributed by atoms with Crippen molar-refractivity contribution in [3.63, 3.8) is 0 Å². The summed E-state index contributed by atoms with van der Waals surface area (Å²) in [6.07, 6.45) is 2.93. The van der Waals surface area contributed by atoms with Gasteiger partial charge >= 0.3 is 0 Å². The molecule has 19 heavy (non-hydrogen) atoms. The SMILES string of the molecule is Cn1ncc(NC(=O)Cn2ccc(N)n2)c1C(N)=O. The molecule has 0 saturated carbocycles. The molecule has 2 amide bonds. The molecule has 0 fully saturated rings. The zero-order valence-electron chi connectivity index (χ0n) is 10.2. The third kappa shape index (κ3) is 2.70. The Hall–Kier alpha value is -2.84. The first-order valence-electron chi connectivity index (χ1n) is 5.38. The highest BCUT2D eigenvalue weighted by atomic mass is 16.2. The van der Waals surface area contributed by atoms with E-state index in [4.69, 9.17) is 11.5 Å². The van der Waals surface area contributed by atoms with E-state index >= 15 is 0 Å². The molecule has 0 aliphatic carbocycles. The van der Waals surface area contributed by atoms with Crippen LogP contribution in [0.25, 0.3) is 0 Å². The van der Waals surface area contributed by atoms with Gasteiger partial charge in [0.1, 0.15) is 18.1 Å². The van der Waals surface area contributed by atoms with Crippen molar-refractivity contribution in [2.45, 2.75) is 6.54 Å². The van der Waals surface area contributed by atoms with E-state index in [2.05, 4.69) is 15.5 Å². The molecule has 0 spiro atoms. The number of rotatable bonds is 4. The Labute approximate surface area is 108 Å². The summed E-state index contributed by atoms with van der Waals surface area (Å²) in [5, 5.41) is 10.3. The van der Waals surface area contributed by atoms with Gasteiger partial charge in [0.15, 0.2) is 0 Å². The van der Waals surface area contributed by atoms with Crippen molar-refractivity contribution >= 4 is 23.3 Å². The standard InChI is InChI=1S/C10H13N7O2/c1-16-9(10(12)19)6(4-13-16)14-8(18)5-17-3-2-7(11)15-17/h2-4H,5H2,1H3,(H2,11,15)(H2,12,19)(H,14,18). The van der Waals surface area contributed by atoms with Crippen molar-refractivity contribution in [1.29, 1.82) is 0 Å². The number of hydrogen-bond acceptors (Lipinski definition) is 5. The molecule has 0 aromatic carbocycles. The van der Waals surface area contributed by atoms with E-state index in [0.717, 1.165) is 0 Å². The van der Waals surface area contributed by atoms with Gasteiger partial charge in [-0.15, -0.1) is 0 Å². The lowest BCUT2D eigenvalue weighted by Crippen LogP contribution is -2.22. The van der Waals surface area contributed by atoms with E-state index in [1.54, 1.807) is 19.3 Å². The molecule has 9 heteroatoms. The maximum Gasteiger partial charge on any atom is 0.269 e. The predicted molar refractivity (Wildman–Crippen MR) is 67.0 cm³/mol. The van der Waals surface area contributed by atoms with Crippen molar-refractivity contribution in [2.24, 2.45) is 12.8 Å². The minimum Gasteiger partial charge on any atom is -0.382 e. The highest BCUT2D eigenvalue weighted by molar-refractivity contribution is 6.01. The normalized spacial score (nSPS) is 10.4. The summed E-state index contributed by atoms with van der Waals surface area (Å²) in [6, 6.07) is 1.58. The molecular formula is C10H13N7O2. The van der Waals surface area contributed by atoms with Crippen LogP contribution >= 0.6 is 0 Å². The van der Waals surface area contributed by atoms with Crippen LogP contribution in [0.5, 0.6) is 0 Å². The lowest BCUT2D eigenvalue weighted by molar-refractivity contribution is -0.116. The van der Waals surface area contributed by atoms with E-state index in [-0.39, 0.29) is 23.8 Å². The summed E-state index contributed by atoms with van der Waals surface area (Å²) in [7, 11) is 1.56. The van der Waals surface area contributed by atoms with E-state index in [1.165, 1.54) is 15.6 Å². The number of hydrogen-bond donors (Lipinski definition) is 3. The van der Waals surface area contributed by atoms with Gasteiger partial charge in [-0.3, -0.25) is 19.0 Å². The number of aromatic nitrogens is 4. The largest absolute Gasteiger partial charge is 0.382 e. The summed E-state index contributed by atoms with van der Waals surface area (Å²) < 4.78 is 2.68. The number of aryl methyl sites for hydroxylation is 1. The lowest BCUT2D eigenvalue weighted by atomic mass is 10.3. The second kappa shape index (κ2) is 4.80. The molecule has 0 aliphatic heterocycles. The van der Waals surface area contributed by atoms with Crippen LogP contribution in [0.3, 0.4) is 0 Å². The fourth-order valence-electron chi connectivity index (χ4n) is 1.62. The highest BCUT2D eigenvalue weighted by Crippen LogP contribution is 2.13. The third-order valence-corrected chi connectivity index (χ3v) is 2.41. The van der Waals surface area contributed by atoms with Crippen LogP contribution in [-0.4, -0.2) is 31.4 Å². The molecule has 2 rings (SSSR count). The van der Waals surface area contributed by atoms with Crippen LogP contribution in [0.2, 0.25) is 0 Å². The zero-order valence-corrected chi connectivity index (χ0v) is 10.2. The fraction of sp³-hybridized carbons (Fsp3) is 0.200. The summed E-state index contributed by atoms with van der Waals surface area (Å²) in [5.41, 5.74) is 11.0. The van der Waals surface area contributed by atoms with Crippen LogP contribution in [0.4, 0.5) is 11.5 Å². The Morgan fingerprint density at radius 3 is 2.79 bits per heavy atom. The van der Waals surface area contributed by atoms with Gasteiger partial charge in [-0.05, 0) is 6.07 Å². The van der Waals surface area contributed by atoms with Gasteiger partial charge in [-0.1, -0.05) is 0 Å². The molecule has 0 aliphatic rings. The van der Waals surface area contributed by atoms with Crippen LogP contribution in [-0.2, 0) is 18.4 Å². The molecule has 2 aromatic rings. The summed E-state index contributed by atoms with van der Waals surface area (Å²) >= 11 is 0. The van der Waals surface area contributed by atoms with E-state index < -0.39 is 5.91 Å². The second-order valence-electron chi connectivity index (χ2n) is 3.88. The maximum absolute atomic E-state index is 11.8. The van der Waals surface area contributed by atoms with Crippen molar-refractivity contribution in [1.82, 2.24) is 19.6 Å². The molecule has 0 radical (unpaired) electrons. The van der Waals surface area contributed by atoms with Gasteiger partial charge in [0.25, 0.3) is 5.91 Å². The number of nitrogens with two attached hydrogens (primary N) is 2. The Bertz CT molecular complexity index is 628. The highest BCUT2D eigenvalue weighted by Gasteiger charge is 2.16. The fourth-order valence-corrected chi connectivity index (χ4v) is 1.62. The molecule has 0 saturated heterocycles. The van der Waals surface area contributed by atoms with Crippen molar-refractivity contribution in [3.8, 4) is 0 Å². The molecule has 2 heterocycles. The molecule has 100 valence electrons. The van der Waals surface area contributed by atoms with E-state index in [0.29, 0.717) is 5.82 Å². The number of nitrogens with zero attached hydrogens (tertiary/aromatic N) is 4. The minimum absolute atomic E-state index is 0.0235. The molecule has 0 bridgehead atoms. The Balaban J connectivity index is 2.09. The van der Waals surface area contributed by atoms with Crippen LogP contribution in [0.1, 0.15) is 10.5 Å². The number of anilines is 2. The second-order valence-corrected chi connectivity index (χ2v) is 3.88. The number of amides is 2. The number of nitrogen functional groups attached to an aromatic ring is 1. The average Bonchev–Trinajstić information content (AvgIpc) is 2.85. The van der Waals surface area contributed by atoms with Gasteiger partial charge < -0.3 is 16.8 Å². The summed E-state index contributed by atoms with van der Waals surface area (Å²) in [4.78, 5) is 23.0. The molecular weight excluding hydrogens is 250 g/mol. The first-order chi connectivity index (χ1) is 8.97. The van der Waals surface area contributed by atoms with Crippen LogP contribution in [0.15, 0.2) is 18.5 Å². The quantitative estimate of drug-likeness (QED) is 0.646. The lowest BCUT2D eigenvalue weighted by Gasteiger charge is -2.05. The van der Waals surface area contributed by atoms with Gasteiger partial charge in [0.2, 0.25) is 5.91 Å². The maximum atomic E-state index is 11.8. The molecule has 9 nitrogen and oxygen atoms in total. The topological polar surface area (TPSA) is 134 Å². The molecule has 2 aromatic heterocycles. The average molecular weight is 263 g/mol. The van der Waals surface area contributed by atoms with Gasteiger partial charge in [0, 0.05) is 13.2 Å². The monoisotopic (exact) mass is 263 g/mol. The summed E-state index contributed by atoms with van der Waals surface area (Å²) in [5.74, 6) is -0.704. The van der Waals surface area contributed by atoms with E-state index in [1.807, 2.05) is 0 Å². The first kappa shape index (κ1) is 12.6. The van der Waals surface area contributed by atoms with Crippen molar-refractivity contribution < 1.29 is 9.59 Å². The van der Waals surface area contributed by atoms with Crippen molar-refractivity contribution in [3.05, 3.63) is 24.2 Å². The number of carbonyl (C=O) groups is 2. The van der Waals surface area contributed by atoms with E-state index in [9.17, 15) is 9.59 Å². The molecule has 5 N–H and O–H groups in total. The van der Waals surface area contributed by atoms with Gasteiger partial charge in [-0.2, -0.15) is 10.2 Å².